The van der Waals surface area contributed by atoms with Crippen LogP contribution in [0.4, 0.5) is 0 Å². The Hall–Kier alpha value is -1.59. The summed E-state index contributed by atoms with van der Waals surface area (Å²) < 4.78 is 0. The van der Waals surface area contributed by atoms with E-state index in [4.69, 9.17) is 0 Å². The maximum Gasteiger partial charge on any atom is 0.239 e. The predicted molar refractivity (Wildman–Crippen MR) is 71.3 cm³/mol. The molecule has 0 aromatic rings. The molecular formula is C13H23N3O3. The fourth-order valence-electron chi connectivity index (χ4n) is 2.09. The van der Waals surface area contributed by atoms with Crippen molar-refractivity contribution < 1.29 is 14.4 Å². The Morgan fingerprint density at radius 2 is 2.16 bits per heavy atom. The van der Waals surface area contributed by atoms with E-state index in [0.717, 1.165) is 0 Å². The molecule has 1 aliphatic rings. The van der Waals surface area contributed by atoms with E-state index in [2.05, 4.69) is 10.6 Å². The molecule has 1 rings (SSSR count). The SMILES string of the molecule is CCN(CC(=O)NC(C)C)C(=O)C1CCC(=O)NC1. The van der Waals surface area contributed by atoms with Gasteiger partial charge < -0.3 is 15.5 Å². The minimum atomic E-state index is -0.204. The molecule has 0 aromatic heterocycles. The Labute approximate surface area is 113 Å². The molecule has 2 N–H and O–H groups in total. The van der Waals surface area contributed by atoms with E-state index < -0.39 is 0 Å². The number of hydrogen-bond donors (Lipinski definition) is 2. The van der Waals surface area contributed by atoms with Gasteiger partial charge >= 0.3 is 0 Å². The van der Waals surface area contributed by atoms with Crippen LogP contribution in [0.1, 0.15) is 33.6 Å². The molecule has 0 aromatic carbocycles. The molecule has 0 aliphatic carbocycles. The zero-order chi connectivity index (χ0) is 14.4. The second-order valence-corrected chi connectivity index (χ2v) is 5.11. The molecular weight excluding hydrogens is 246 g/mol. The van der Waals surface area contributed by atoms with Crippen LogP contribution in [0.5, 0.6) is 0 Å². The van der Waals surface area contributed by atoms with Gasteiger partial charge in [0.15, 0.2) is 0 Å². The lowest BCUT2D eigenvalue weighted by molar-refractivity contribution is -0.140. The van der Waals surface area contributed by atoms with E-state index in [9.17, 15) is 14.4 Å². The van der Waals surface area contributed by atoms with Gasteiger partial charge in [-0.05, 0) is 27.2 Å². The second-order valence-electron chi connectivity index (χ2n) is 5.11. The van der Waals surface area contributed by atoms with Crippen molar-refractivity contribution in [1.29, 1.82) is 0 Å². The number of hydrogen-bond acceptors (Lipinski definition) is 3. The van der Waals surface area contributed by atoms with E-state index >= 15 is 0 Å². The lowest BCUT2D eigenvalue weighted by Gasteiger charge is -2.28. The molecule has 108 valence electrons. The Bertz CT molecular complexity index is 345. The van der Waals surface area contributed by atoms with Crippen LogP contribution in [0.15, 0.2) is 0 Å². The highest BCUT2D eigenvalue weighted by Gasteiger charge is 2.28. The molecule has 6 nitrogen and oxygen atoms in total. The standard InChI is InChI=1S/C13H23N3O3/c1-4-16(8-12(18)15-9(2)3)13(19)10-5-6-11(17)14-7-10/h9-10H,4-8H2,1-3H3,(H,14,17)(H,15,18). The molecule has 1 heterocycles. The Balaban J connectivity index is 2.51. The number of carbonyl (C=O) groups excluding carboxylic acids is 3. The zero-order valence-electron chi connectivity index (χ0n) is 11.9. The van der Waals surface area contributed by atoms with Crippen LogP contribution >= 0.6 is 0 Å². The highest BCUT2D eigenvalue weighted by atomic mass is 16.2. The summed E-state index contributed by atoms with van der Waals surface area (Å²) >= 11 is 0. The molecule has 0 saturated carbocycles. The van der Waals surface area contributed by atoms with Gasteiger partial charge in [0, 0.05) is 25.6 Å². The largest absolute Gasteiger partial charge is 0.355 e. The summed E-state index contributed by atoms with van der Waals surface area (Å²) in [6.45, 7) is 6.56. The monoisotopic (exact) mass is 269 g/mol. The third-order valence-corrected chi connectivity index (χ3v) is 3.09. The number of amides is 3. The van der Waals surface area contributed by atoms with Crippen LogP contribution in [-0.4, -0.2) is 48.3 Å². The van der Waals surface area contributed by atoms with Crippen molar-refractivity contribution in [3.05, 3.63) is 0 Å². The van der Waals surface area contributed by atoms with Crippen molar-refractivity contribution in [2.45, 2.75) is 39.7 Å². The average Bonchev–Trinajstić information content (AvgIpc) is 2.35. The number of nitrogens with one attached hydrogen (secondary N) is 2. The van der Waals surface area contributed by atoms with Crippen molar-refractivity contribution in [3.63, 3.8) is 0 Å². The molecule has 1 aliphatic heterocycles. The van der Waals surface area contributed by atoms with Gasteiger partial charge in [0.05, 0.1) is 12.5 Å². The number of nitrogens with zero attached hydrogens (tertiary/aromatic N) is 1. The Morgan fingerprint density at radius 3 is 2.63 bits per heavy atom. The third kappa shape index (κ3) is 4.89. The van der Waals surface area contributed by atoms with Gasteiger partial charge in [0.25, 0.3) is 0 Å². The van der Waals surface area contributed by atoms with Gasteiger partial charge in [0.2, 0.25) is 17.7 Å². The van der Waals surface area contributed by atoms with E-state index in [-0.39, 0.29) is 36.2 Å². The summed E-state index contributed by atoms with van der Waals surface area (Å²) in [5.41, 5.74) is 0. The quantitative estimate of drug-likeness (QED) is 0.730. The van der Waals surface area contributed by atoms with Gasteiger partial charge in [-0.3, -0.25) is 14.4 Å². The molecule has 6 heteroatoms. The predicted octanol–water partition coefficient (Wildman–Crippen LogP) is -0.114. The van der Waals surface area contributed by atoms with Crippen LogP contribution < -0.4 is 10.6 Å². The topological polar surface area (TPSA) is 78.5 Å². The summed E-state index contributed by atoms with van der Waals surface area (Å²) in [4.78, 5) is 36.6. The molecule has 1 atom stereocenters. The van der Waals surface area contributed by atoms with Crippen molar-refractivity contribution in [2.75, 3.05) is 19.6 Å². The summed E-state index contributed by atoms with van der Waals surface area (Å²) in [7, 11) is 0. The summed E-state index contributed by atoms with van der Waals surface area (Å²) in [5, 5.41) is 5.46. The first kappa shape index (κ1) is 15.5. The van der Waals surface area contributed by atoms with Gasteiger partial charge in [-0.1, -0.05) is 0 Å². The minimum Gasteiger partial charge on any atom is -0.355 e. The summed E-state index contributed by atoms with van der Waals surface area (Å²) in [6, 6.07) is 0.0651. The smallest absolute Gasteiger partial charge is 0.239 e. The fraction of sp³-hybridized carbons (Fsp3) is 0.769. The van der Waals surface area contributed by atoms with Gasteiger partial charge in [-0.2, -0.15) is 0 Å². The molecule has 1 fully saturated rings. The maximum absolute atomic E-state index is 12.3. The molecule has 19 heavy (non-hydrogen) atoms. The van der Waals surface area contributed by atoms with Crippen LogP contribution in [0.25, 0.3) is 0 Å². The third-order valence-electron chi connectivity index (χ3n) is 3.09. The lowest BCUT2D eigenvalue weighted by atomic mass is 9.97. The van der Waals surface area contributed by atoms with Crippen molar-refractivity contribution in [3.8, 4) is 0 Å². The normalized spacial score (nSPS) is 18.9. The molecule has 0 bridgehead atoms. The first-order valence-electron chi connectivity index (χ1n) is 6.78. The first-order valence-corrected chi connectivity index (χ1v) is 6.78. The highest BCUT2D eigenvalue weighted by Crippen LogP contribution is 2.14. The van der Waals surface area contributed by atoms with Crippen molar-refractivity contribution in [2.24, 2.45) is 5.92 Å². The number of carbonyl (C=O) groups is 3. The Morgan fingerprint density at radius 1 is 1.47 bits per heavy atom. The van der Waals surface area contributed by atoms with Crippen LogP contribution in [0.2, 0.25) is 0 Å². The van der Waals surface area contributed by atoms with Crippen LogP contribution in [0, 0.1) is 5.92 Å². The van der Waals surface area contributed by atoms with Gasteiger partial charge in [0.1, 0.15) is 0 Å². The van der Waals surface area contributed by atoms with Crippen molar-refractivity contribution in [1.82, 2.24) is 15.5 Å². The fourth-order valence-corrected chi connectivity index (χ4v) is 2.09. The molecule has 0 radical (unpaired) electrons. The van der Waals surface area contributed by atoms with Crippen molar-refractivity contribution >= 4 is 17.7 Å². The molecule has 3 amide bonds. The Kier molecular flexibility index (Phi) is 5.79. The summed E-state index contributed by atoms with van der Waals surface area (Å²) in [5.74, 6) is -0.416. The number of likely N-dealkylation sites (N-methyl/N-ethyl adjacent to an activating group) is 1. The van der Waals surface area contributed by atoms with Crippen LogP contribution in [0.3, 0.4) is 0 Å². The molecule has 1 saturated heterocycles. The second kappa shape index (κ2) is 7.11. The maximum atomic E-state index is 12.3. The van der Waals surface area contributed by atoms with E-state index in [1.807, 2.05) is 20.8 Å². The molecule has 1 unspecified atom stereocenters. The zero-order valence-corrected chi connectivity index (χ0v) is 11.9. The lowest BCUT2D eigenvalue weighted by Crippen LogP contribution is -2.48. The minimum absolute atomic E-state index is 0.00958. The van der Waals surface area contributed by atoms with E-state index in [1.165, 1.54) is 0 Å². The number of piperidine rings is 1. The first-order chi connectivity index (χ1) is 8.93. The summed E-state index contributed by atoms with van der Waals surface area (Å²) in [6.07, 6.45) is 0.944. The van der Waals surface area contributed by atoms with E-state index in [0.29, 0.717) is 25.9 Å². The van der Waals surface area contributed by atoms with Gasteiger partial charge in [-0.25, -0.2) is 0 Å². The van der Waals surface area contributed by atoms with E-state index in [1.54, 1.807) is 4.90 Å². The number of rotatable bonds is 5. The molecule has 0 spiro atoms. The van der Waals surface area contributed by atoms with Crippen LogP contribution in [-0.2, 0) is 14.4 Å². The van der Waals surface area contributed by atoms with Gasteiger partial charge in [-0.15, -0.1) is 0 Å². The average molecular weight is 269 g/mol. The highest BCUT2D eigenvalue weighted by molar-refractivity contribution is 5.87.